The van der Waals surface area contributed by atoms with Gasteiger partial charge in [-0.2, -0.15) is 0 Å². The predicted molar refractivity (Wildman–Crippen MR) is 89.9 cm³/mol. The molecule has 1 saturated carbocycles. The molecule has 6 heteroatoms. The maximum atomic E-state index is 12.0. The molecular weight excluding hydrogens is 308 g/mol. The molecule has 0 unspecified atom stereocenters. The minimum Gasteiger partial charge on any atom is -0.310 e. The molecule has 1 aliphatic carbocycles. The Kier molecular flexibility index (Phi) is 3.59. The van der Waals surface area contributed by atoms with Crippen molar-refractivity contribution in [2.45, 2.75) is 12.8 Å². The molecule has 3 heterocycles. The van der Waals surface area contributed by atoms with Gasteiger partial charge in [0.15, 0.2) is 0 Å². The van der Waals surface area contributed by atoms with E-state index in [-0.39, 0.29) is 11.8 Å². The lowest BCUT2D eigenvalue weighted by Gasteiger charge is -2.10. The Bertz CT molecular complexity index is 829. The van der Waals surface area contributed by atoms with Crippen LogP contribution in [0, 0.1) is 5.92 Å². The molecule has 3 aromatic rings. The van der Waals surface area contributed by atoms with Crippen LogP contribution < -0.4 is 5.32 Å². The van der Waals surface area contributed by atoms with Crippen LogP contribution in [0.2, 0.25) is 0 Å². The summed E-state index contributed by atoms with van der Waals surface area (Å²) >= 11 is 1.53. The lowest BCUT2D eigenvalue weighted by Crippen LogP contribution is -2.14. The number of rotatable bonds is 4. The summed E-state index contributed by atoms with van der Waals surface area (Å²) in [6.45, 7) is 0. The van der Waals surface area contributed by atoms with E-state index in [0.717, 1.165) is 34.5 Å². The third-order valence-corrected chi connectivity index (χ3v) is 4.53. The fourth-order valence-electron chi connectivity index (χ4n) is 2.39. The number of carbonyl (C=O) groups excluding carboxylic acids is 1. The van der Waals surface area contributed by atoms with E-state index in [4.69, 9.17) is 0 Å². The van der Waals surface area contributed by atoms with Gasteiger partial charge in [0.05, 0.1) is 16.1 Å². The molecule has 3 aromatic heterocycles. The smallest absolute Gasteiger partial charge is 0.228 e. The fraction of sp³-hybridized carbons (Fsp3) is 0.176. The van der Waals surface area contributed by atoms with E-state index in [2.05, 4.69) is 20.3 Å². The molecule has 0 spiro atoms. The first-order valence-electron chi connectivity index (χ1n) is 7.42. The maximum absolute atomic E-state index is 12.0. The zero-order chi connectivity index (χ0) is 15.6. The number of aromatic nitrogens is 3. The van der Waals surface area contributed by atoms with Crippen molar-refractivity contribution in [1.29, 1.82) is 0 Å². The molecule has 0 aromatic carbocycles. The van der Waals surface area contributed by atoms with Crippen molar-refractivity contribution in [2.75, 3.05) is 5.32 Å². The van der Waals surface area contributed by atoms with Crippen LogP contribution in [0.5, 0.6) is 0 Å². The number of anilines is 1. The SMILES string of the molecule is O=C(Nc1ccc(-c2ccncc2)c(-c2cncs2)n1)C1CC1. The number of carbonyl (C=O) groups is 1. The summed E-state index contributed by atoms with van der Waals surface area (Å²) in [4.78, 5) is 25.8. The molecule has 1 amide bonds. The zero-order valence-corrected chi connectivity index (χ0v) is 13.1. The van der Waals surface area contributed by atoms with Crippen molar-refractivity contribution in [3.63, 3.8) is 0 Å². The van der Waals surface area contributed by atoms with E-state index in [0.29, 0.717) is 5.82 Å². The van der Waals surface area contributed by atoms with Gasteiger partial charge in [-0.1, -0.05) is 0 Å². The third-order valence-electron chi connectivity index (χ3n) is 3.75. The number of thiazole rings is 1. The average Bonchev–Trinajstić information content (AvgIpc) is 3.31. The van der Waals surface area contributed by atoms with Gasteiger partial charge in [-0.3, -0.25) is 14.8 Å². The first-order chi connectivity index (χ1) is 11.3. The van der Waals surface area contributed by atoms with Crippen molar-refractivity contribution >= 4 is 23.1 Å². The van der Waals surface area contributed by atoms with Crippen LogP contribution >= 0.6 is 11.3 Å². The fourth-order valence-corrected chi connectivity index (χ4v) is 3.01. The molecule has 1 fully saturated rings. The molecule has 0 atom stereocenters. The van der Waals surface area contributed by atoms with Gasteiger partial charge in [-0.15, -0.1) is 11.3 Å². The number of pyridine rings is 2. The maximum Gasteiger partial charge on any atom is 0.228 e. The number of amides is 1. The van der Waals surface area contributed by atoms with Crippen LogP contribution in [-0.2, 0) is 4.79 Å². The van der Waals surface area contributed by atoms with Gasteiger partial charge in [0.2, 0.25) is 5.91 Å². The average molecular weight is 322 g/mol. The van der Waals surface area contributed by atoms with Crippen LogP contribution in [0.15, 0.2) is 48.4 Å². The Balaban J connectivity index is 1.75. The standard InChI is InChI=1S/C17H14N4OS/c22-17(12-1-2-12)21-15-4-3-13(11-5-7-18-8-6-11)16(20-15)14-9-19-10-23-14/h3-10,12H,1-2H2,(H,20,21,22). The van der Waals surface area contributed by atoms with Crippen molar-refractivity contribution in [2.24, 2.45) is 5.92 Å². The minimum absolute atomic E-state index is 0.0596. The van der Waals surface area contributed by atoms with Gasteiger partial charge in [-0.25, -0.2) is 4.98 Å². The van der Waals surface area contributed by atoms with Crippen LogP contribution in [0.3, 0.4) is 0 Å². The van der Waals surface area contributed by atoms with Gasteiger partial charge in [-0.05, 0) is 42.7 Å². The van der Waals surface area contributed by atoms with E-state index < -0.39 is 0 Å². The molecular formula is C17H14N4OS. The van der Waals surface area contributed by atoms with E-state index >= 15 is 0 Å². The lowest BCUT2D eigenvalue weighted by molar-refractivity contribution is -0.117. The number of hydrogen-bond acceptors (Lipinski definition) is 5. The molecule has 5 nitrogen and oxygen atoms in total. The molecule has 0 radical (unpaired) electrons. The predicted octanol–water partition coefficient (Wildman–Crippen LogP) is 3.62. The normalized spacial score (nSPS) is 13.7. The molecule has 114 valence electrons. The van der Waals surface area contributed by atoms with Crippen LogP contribution in [0.25, 0.3) is 21.7 Å². The summed E-state index contributed by atoms with van der Waals surface area (Å²) in [5.41, 5.74) is 4.65. The molecule has 23 heavy (non-hydrogen) atoms. The van der Waals surface area contributed by atoms with Crippen LogP contribution in [0.1, 0.15) is 12.8 Å². The second-order valence-corrected chi connectivity index (χ2v) is 6.34. The number of nitrogens with zero attached hydrogens (tertiary/aromatic N) is 3. The Hall–Kier alpha value is -2.60. The first-order valence-corrected chi connectivity index (χ1v) is 8.30. The number of nitrogens with one attached hydrogen (secondary N) is 1. The Morgan fingerprint density at radius 3 is 2.65 bits per heavy atom. The summed E-state index contributed by atoms with van der Waals surface area (Å²) in [5.74, 6) is 0.802. The zero-order valence-electron chi connectivity index (χ0n) is 12.3. The molecule has 1 N–H and O–H groups in total. The van der Waals surface area contributed by atoms with Gasteiger partial charge >= 0.3 is 0 Å². The number of hydrogen-bond donors (Lipinski definition) is 1. The molecule has 0 saturated heterocycles. The van der Waals surface area contributed by atoms with E-state index in [9.17, 15) is 4.79 Å². The topological polar surface area (TPSA) is 67.8 Å². The van der Waals surface area contributed by atoms with Crippen molar-refractivity contribution < 1.29 is 4.79 Å². The van der Waals surface area contributed by atoms with E-state index in [1.807, 2.05) is 24.3 Å². The quantitative estimate of drug-likeness (QED) is 0.796. The minimum atomic E-state index is 0.0596. The second-order valence-electron chi connectivity index (χ2n) is 5.46. The molecule has 4 rings (SSSR count). The van der Waals surface area contributed by atoms with E-state index in [1.165, 1.54) is 11.3 Å². The summed E-state index contributed by atoms with van der Waals surface area (Å²) in [7, 11) is 0. The first kappa shape index (κ1) is 14.0. The summed E-state index contributed by atoms with van der Waals surface area (Å²) in [6.07, 6.45) is 7.26. The Labute approximate surface area is 137 Å². The van der Waals surface area contributed by atoms with Gasteiger partial charge in [0, 0.05) is 30.1 Å². The van der Waals surface area contributed by atoms with Crippen LogP contribution in [-0.4, -0.2) is 20.9 Å². The Morgan fingerprint density at radius 2 is 1.96 bits per heavy atom. The summed E-state index contributed by atoms with van der Waals surface area (Å²) in [5, 5.41) is 2.91. The molecule has 1 aliphatic rings. The summed E-state index contributed by atoms with van der Waals surface area (Å²) in [6, 6.07) is 7.73. The highest BCUT2D eigenvalue weighted by Gasteiger charge is 2.29. The van der Waals surface area contributed by atoms with Gasteiger partial charge in [0.1, 0.15) is 5.82 Å². The van der Waals surface area contributed by atoms with Gasteiger partial charge in [0.25, 0.3) is 0 Å². The third kappa shape index (κ3) is 2.98. The van der Waals surface area contributed by atoms with E-state index in [1.54, 1.807) is 24.1 Å². The molecule has 0 aliphatic heterocycles. The van der Waals surface area contributed by atoms with Crippen molar-refractivity contribution in [1.82, 2.24) is 15.0 Å². The highest BCUT2D eigenvalue weighted by atomic mass is 32.1. The van der Waals surface area contributed by atoms with Gasteiger partial charge < -0.3 is 5.32 Å². The van der Waals surface area contributed by atoms with Crippen molar-refractivity contribution in [3.05, 3.63) is 48.4 Å². The lowest BCUT2D eigenvalue weighted by atomic mass is 10.0. The van der Waals surface area contributed by atoms with Crippen molar-refractivity contribution in [3.8, 4) is 21.7 Å². The summed E-state index contributed by atoms with van der Waals surface area (Å²) < 4.78 is 0. The monoisotopic (exact) mass is 322 g/mol. The highest BCUT2D eigenvalue weighted by molar-refractivity contribution is 7.13. The van der Waals surface area contributed by atoms with Crippen LogP contribution in [0.4, 0.5) is 5.82 Å². The molecule has 0 bridgehead atoms. The highest BCUT2D eigenvalue weighted by Crippen LogP contribution is 2.34. The largest absolute Gasteiger partial charge is 0.310 e. The Morgan fingerprint density at radius 1 is 1.13 bits per heavy atom. The second kappa shape index (κ2) is 5.89.